The SMILES string of the molecule is O[C@@H](CNC(c1ccccc1)c1ccccc1)Cn1c2ccccc2c2ccccc21. The first-order chi connectivity index (χ1) is 15.3. The first-order valence-corrected chi connectivity index (χ1v) is 10.8. The Morgan fingerprint density at radius 1 is 0.613 bits per heavy atom. The van der Waals surface area contributed by atoms with Gasteiger partial charge in [-0.15, -0.1) is 0 Å². The summed E-state index contributed by atoms with van der Waals surface area (Å²) in [5.41, 5.74) is 4.70. The van der Waals surface area contributed by atoms with Gasteiger partial charge in [-0.25, -0.2) is 0 Å². The van der Waals surface area contributed by atoms with E-state index in [1.54, 1.807) is 0 Å². The second-order valence-electron chi connectivity index (χ2n) is 7.96. The molecule has 5 aromatic rings. The standard InChI is InChI=1S/C28H26N2O/c31-23(19-29-28(21-11-3-1-4-12-21)22-13-5-2-6-14-22)20-30-26-17-9-7-15-24(26)25-16-8-10-18-27(25)30/h1-18,23,28-29,31H,19-20H2/t23-/m0/s1. The van der Waals surface area contributed by atoms with E-state index in [1.807, 2.05) is 12.1 Å². The predicted octanol–water partition coefficient (Wildman–Crippen LogP) is 5.53. The molecule has 0 aliphatic heterocycles. The fraction of sp³-hybridized carbons (Fsp3) is 0.143. The van der Waals surface area contributed by atoms with Crippen molar-refractivity contribution in [2.45, 2.75) is 18.7 Å². The molecule has 0 saturated carbocycles. The molecule has 0 amide bonds. The largest absolute Gasteiger partial charge is 0.390 e. The molecule has 1 atom stereocenters. The zero-order valence-electron chi connectivity index (χ0n) is 17.4. The molecule has 1 aromatic heterocycles. The third-order valence-electron chi connectivity index (χ3n) is 5.90. The van der Waals surface area contributed by atoms with Gasteiger partial charge < -0.3 is 15.0 Å². The topological polar surface area (TPSA) is 37.2 Å². The van der Waals surface area contributed by atoms with Gasteiger partial charge in [0.15, 0.2) is 0 Å². The van der Waals surface area contributed by atoms with Gasteiger partial charge in [-0.2, -0.15) is 0 Å². The van der Waals surface area contributed by atoms with Crippen LogP contribution in [0, 0.1) is 0 Å². The highest BCUT2D eigenvalue weighted by Gasteiger charge is 2.17. The van der Waals surface area contributed by atoms with Gasteiger partial charge in [-0.3, -0.25) is 0 Å². The van der Waals surface area contributed by atoms with E-state index < -0.39 is 6.10 Å². The quantitative estimate of drug-likeness (QED) is 0.373. The Balaban J connectivity index is 1.39. The van der Waals surface area contributed by atoms with Crippen LogP contribution in [-0.4, -0.2) is 22.3 Å². The number of rotatable bonds is 7. The molecule has 31 heavy (non-hydrogen) atoms. The van der Waals surface area contributed by atoms with E-state index in [2.05, 4.69) is 107 Å². The predicted molar refractivity (Wildman–Crippen MR) is 128 cm³/mol. The lowest BCUT2D eigenvalue weighted by molar-refractivity contribution is 0.152. The molecule has 0 saturated heterocycles. The minimum Gasteiger partial charge on any atom is -0.390 e. The molecule has 3 nitrogen and oxygen atoms in total. The van der Waals surface area contributed by atoms with Crippen LogP contribution in [-0.2, 0) is 6.54 Å². The molecule has 0 fully saturated rings. The van der Waals surface area contributed by atoms with E-state index in [4.69, 9.17) is 0 Å². The van der Waals surface area contributed by atoms with Gasteiger partial charge in [0.2, 0.25) is 0 Å². The van der Waals surface area contributed by atoms with Crippen LogP contribution >= 0.6 is 0 Å². The van der Waals surface area contributed by atoms with Crippen LogP contribution in [0.1, 0.15) is 17.2 Å². The zero-order chi connectivity index (χ0) is 21.0. The molecular formula is C28H26N2O. The second-order valence-corrected chi connectivity index (χ2v) is 7.96. The molecule has 0 radical (unpaired) electrons. The van der Waals surface area contributed by atoms with Gasteiger partial charge in [0.1, 0.15) is 0 Å². The van der Waals surface area contributed by atoms with Crippen LogP contribution in [0.15, 0.2) is 109 Å². The molecule has 154 valence electrons. The number of para-hydroxylation sites is 2. The third kappa shape index (κ3) is 3.98. The minimum absolute atomic E-state index is 0.0372. The number of nitrogens with zero attached hydrogens (tertiary/aromatic N) is 1. The van der Waals surface area contributed by atoms with Gasteiger partial charge >= 0.3 is 0 Å². The summed E-state index contributed by atoms with van der Waals surface area (Å²) in [5, 5.41) is 17.0. The molecule has 2 N–H and O–H groups in total. The van der Waals surface area contributed by atoms with Crippen LogP contribution in [0.2, 0.25) is 0 Å². The van der Waals surface area contributed by atoms with Crippen LogP contribution in [0.25, 0.3) is 21.8 Å². The van der Waals surface area contributed by atoms with E-state index in [0.717, 1.165) is 11.0 Å². The molecule has 0 aliphatic rings. The van der Waals surface area contributed by atoms with E-state index in [9.17, 15) is 5.11 Å². The number of aliphatic hydroxyl groups excluding tert-OH is 1. The Kier molecular flexibility index (Phi) is 5.53. The highest BCUT2D eigenvalue weighted by atomic mass is 16.3. The van der Waals surface area contributed by atoms with Gasteiger partial charge in [-0.05, 0) is 23.3 Å². The van der Waals surface area contributed by atoms with Crippen molar-refractivity contribution in [2.75, 3.05) is 6.54 Å². The molecule has 0 aliphatic carbocycles. The Labute approximate surface area is 182 Å². The average Bonchev–Trinajstić information content (AvgIpc) is 3.14. The Morgan fingerprint density at radius 3 is 1.58 bits per heavy atom. The summed E-state index contributed by atoms with van der Waals surface area (Å²) in [6, 6.07) is 37.7. The van der Waals surface area contributed by atoms with Crippen molar-refractivity contribution in [3.63, 3.8) is 0 Å². The maximum Gasteiger partial charge on any atom is 0.0843 e. The van der Waals surface area contributed by atoms with Crippen molar-refractivity contribution >= 4 is 21.8 Å². The summed E-state index contributed by atoms with van der Waals surface area (Å²) in [6.07, 6.45) is -0.519. The number of fused-ring (bicyclic) bond motifs is 3. The van der Waals surface area contributed by atoms with Crippen molar-refractivity contribution in [2.24, 2.45) is 0 Å². The van der Waals surface area contributed by atoms with E-state index in [-0.39, 0.29) is 6.04 Å². The fourth-order valence-electron chi connectivity index (χ4n) is 4.45. The minimum atomic E-state index is -0.519. The van der Waals surface area contributed by atoms with Gasteiger partial charge in [0.25, 0.3) is 0 Å². The van der Waals surface area contributed by atoms with Gasteiger partial charge in [0.05, 0.1) is 18.7 Å². The maximum absolute atomic E-state index is 11.0. The first kappa shape index (κ1) is 19.6. The Morgan fingerprint density at radius 2 is 1.06 bits per heavy atom. The highest BCUT2D eigenvalue weighted by molar-refractivity contribution is 6.07. The van der Waals surface area contributed by atoms with Gasteiger partial charge in [-0.1, -0.05) is 97.1 Å². The lowest BCUT2D eigenvalue weighted by atomic mass is 9.98. The number of aromatic nitrogens is 1. The molecule has 0 unspecified atom stereocenters. The summed E-state index contributed by atoms with van der Waals surface area (Å²) in [7, 11) is 0. The van der Waals surface area contributed by atoms with Crippen LogP contribution < -0.4 is 5.32 Å². The van der Waals surface area contributed by atoms with Crippen molar-refractivity contribution < 1.29 is 5.11 Å². The third-order valence-corrected chi connectivity index (χ3v) is 5.90. The number of benzene rings is 4. The molecule has 0 bridgehead atoms. The Hall–Kier alpha value is -3.40. The highest BCUT2D eigenvalue weighted by Crippen LogP contribution is 2.29. The lowest BCUT2D eigenvalue weighted by Gasteiger charge is -2.22. The van der Waals surface area contributed by atoms with E-state index in [0.29, 0.717) is 13.1 Å². The van der Waals surface area contributed by atoms with Crippen molar-refractivity contribution in [3.8, 4) is 0 Å². The molecule has 5 rings (SSSR count). The molecular weight excluding hydrogens is 380 g/mol. The molecule has 1 heterocycles. The normalized spacial score (nSPS) is 12.6. The lowest BCUT2D eigenvalue weighted by Crippen LogP contribution is -2.33. The molecule has 3 heteroatoms. The van der Waals surface area contributed by atoms with Crippen molar-refractivity contribution in [1.82, 2.24) is 9.88 Å². The smallest absolute Gasteiger partial charge is 0.0843 e. The number of hydrogen-bond acceptors (Lipinski definition) is 2. The summed E-state index contributed by atoms with van der Waals surface area (Å²) < 4.78 is 2.23. The van der Waals surface area contributed by atoms with Crippen molar-refractivity contribution in [1.29, 1.82) is 0 Å². The number of hydrogen-bond donors (Lipinski definition) is 2. The Bertz CT molecular complexity index is 1190. The first-order valence-electron chi connectivity index (χ1n) is 10.8. The number of nitrogens with one attached hydrogen (secondary N) is 1. The summed E-state index contributed by atoms with van der Waals surface area (Å²) in [5.74, 6) is 0. The average molecular weight is 407 g/mol. The fourth-order valence-corrected chi connectivity index (χ4v) is 4.45. The summed E-state index contributed by atoms with van der Waals surface area (Å²) in [6.45, 7) is 1.03. The molecule has 0 spiro atoms. The van der Waals surface area contributed by atoms with Crippen molar-refractivity contribution in [3.05, 3.63) is 120 Å². The van der Waals surface area contributed by atoms with Crippen LogP contribution in [0.4, 0.5) is 0 Å². The number of aliphatic hydroxyl groups is 1. The summed E-state index contributed by atoms with van der Waals surface area (Å²) in [4.78, 5) is 0. The zero-order valence-corrected chi connectivity index (χ0v) is 17.4. The maximum atomic E-state index is 11.0. The van der Waals surface area contributed by atoms with Crippen LogP contribution in [0.3, 0.4) is 0 Å². The molecule has 4 aromatic carbocycles. The van der Waals surface area contributed by atoms with Gasteiger partial charge in [0, 0.05) is 28.4 Å². The van der Waals surface area contributed by atoms with Crippen LogP contribution in [0.5, 0.6) is 0 Å². The second kappa shape index (κ2) is 8.76. The monoisotopic (exact) mass is 406 g/mol. The van der Waals surface area contributed by atoms with E-state index >= 15 is 0 Å². The van der Waals surface area contributed by atoms with E-state index in [1.165, 1.54) is 21.9 Å². The summed E-state index contributed by atoms with van der Waals surface area (Å²) >= 11 is 0.